The Morgan fingerprint density at radius 2 is 2.17 bits per heavy atom. The summed E-state index contributed by atoms with van der Waals surface area (Å²) < 4.78 is 0. The summed E-state index contributed by atoms with van der Waals surface area (Å²) in [6.07, 6.45) is 0.886. The van der Waals surface area contributed by atoms with Gasteiger partial charge in [-0.25, -0.2) is 0 Å². The molecule has 0 aromatic rings. The molecule has 0 aliphatic carbocycles. The minimum atomic E-state index is 0. The van der Waals surface area contributed by atoms with Crippen molar-refractivity contribution < 1.29 is 5.11 Å². The summed E-state index contributed by atoms with van der Waals surface area (Å²) >= 11 is 0. The Bertz CT molecular complexity index is 126. The van der Waals surface area contributed by atoms with Crippen LogP contribution >= 0.6 is 24.0 Å². The van der Waals surface area contributed by atoms with Crippen LogP contribution in [0, 0.1) is 0 Å². The van der Waals surface area contributed by atoms with Crippen molar-refractivity contribution in [2.24, 2.45) is 4.99 Å². The molecule has 12 heavy (non-hydrogen) atoms. The Morgan fingerprint density at radius 3 is 2.42 bits per heavy atom. The standard InChI is InChI=1S/C7H17N3O.HI/c1-4-6(5-11)10-7(8-2)9-3;/h6,11H,4-5H2,1-3H3,(H2,8,9,10);1H/t6-;/m0./s1. The fraction of sp³-hybridized carbons (Fsp3) is 0.857. The summed E-state index contributed by atoms with van der Waals surface area (Å²) in [5.41, 5.74) is 0. The summed E-state index contributed by atoms with van der Waals surface area (Å²) in [5, 5.41) is 14.7. The third-order valence-electron chi connectivity index (χ3n) is 1.51. The first-order chi connectivity index (χ1) is 5.28. The highest BCUT2D eigenvalue weighted by Crippen LogP contribution is 1.87. The van der Waals surface area contributed by atoms with Crippen LogP contribution in [0.5, 0.6) is 0 Å². The van der Waals surface area contributed by atoms with E-state index in [1.165, 1.54) is 0 Å². The van der Waals surface area contributed by atoms with Crippen LogP contribution in [0.4, 0.5) is 0 Å². The lowest BCUT2D eigenvalue weighted by Crippen LogP contribution is -2.43. The summed E-state index contributed by atoms with van der Waals surface area (Å²) in [5.74, 6) is 0.714. The Morgan fingerprint density at radius 1 is 1.58 bits per heavy atom. The number of nitrogens with one attached hydrogen (secondary N) is 2. The molecule has 0 fully saturated rings. The molecule has 74 valence electrons. The molecule has 0 aliphatic heterocycles. The SMILES string of the molecule is CC[C@@H](CO)NC(=NC)NC.I. The zero-order chi connectivity index (χ0) is 8.69. The quantitative estimate of drug-likeness (QED) is 0.394. The highest BCUT2D eigenvalue weighted by molar-refractivity contribution is 14.0. The average Bonchev–Trinajstić information content (AvgIpc) is 2.07. The van der Waals surface area contributed by atoms with Crippen molar-refractivity contribution in [3.63, 3.8) is 0 Å². The number of rotatable bonds is 3. The van der Waals surface area contributed by atoms with E-state index in [4.69, 9.17) is 5.11 Å². The number of hydrogen-bond acceptors (Lipinski definition) is 2. The predicted octanol–water partition coefficient (Wildman–Crippen LogP) is 0.170. The smallest absolute Gasteiger partial charge is 0.191 e. The van der Waals surface area contributed by atoms with E-state index < -0.39 is 0 Å². The van der Waals surface area contributed by atoms with E-state index in [2.05, 4.69) is 15.6 Å². The summed E-state index contributed by atoms with van der Waals surface area (Å²) in [6.45, 7) is 2.15. The third kappa shape index (κ3) is 5.59. The zero-order valence-corrected chi connectivity index (χ0v) is 10.1. The molecule has 0 saturated carbocycles. The normalized spacial score (nSPS) is 13.2. The molecule has 0 radical (unpaired) electrons. The van der Waals surface area contributed by atoms with E-state index in [0.717, 1.165) is 6.42 Å². The van der Waals surface area contributed by atoms with Gasteiger partial charge in [0.25, 0.3) is 0 Å². The van der Waals surface area contributed by atoms with Gasteiger partial charge in [-0.2, -0.15) is 0 Å². The molecule has 0 heterocycles. The number of aliphatic imine (C=N–C) groups is 1. The Balaban J connectivity index is 0. The molecule has 0 saturated heterocycles. The minimum Gasteiger partial charge on any atom is -0.394 e. The fourth-order valence-corrected chi connectivity index (χ4v) is 0.719. The predicted molar refractivity (Wildman–Crippen MR) is 62.1 cm³/mol. The van der Waals surface area contributed by atoms with Crippen LogP contribution in [-0.2, 0) is 0 Å². The van der Waals surface area contributed by atoms with Crippen LogP contribution in [-0.4, -0.2) is 37.8 Å². The summed E-state index contributed by atoms with van der Waals surface area (Å²) in [7, 11) is 3.49. The molecular weight excluding hydrogens is 269 g/mol. The fourth-order valence-electron chi connectivity index (χ4n) is 0.719. The maximum atomic E-state index is 8.82. The van der Waals surface area contributed by atoms with E-state index in [0.29, 0.717) is 5.96 Å². The second kappa shape index (κ2) is 9.05. The molecule has 0 amide bonds. The maximum absolute atomic E-state index is 8.82. The zero-order valence-electron chi connectivity index (χ0n) is 7.79. The maximum Gasteiger partial charge on any atom is 0.191 e. The van der Waals surface area contributed by atoms with Gasteiger partial charge in [-0.05, 0) is 6.42 Å². The van der Waals surface area contributed by atoms with Gasteiger partial charge in [-0.1, -0.05) is 6.92 Å². The van der Waals surface area contributed by atoms with Gasteiger partial charge >= 0.3 is 0 Å². The molecule has 5 heteroatoms. The number of hydrogen-bond donors (Lipinski definition) is 3. The Hall–Kier alpha value is -0.0400. The van der Waals surface area contributed by atoms with E-state index in [1.54, 1.807) is 14.1 Å². The van der Waals surface area contributed by atoms with E-state index in [9.17, 15) is 0 Å². The van der Waals surface area contributed by atoms with Crippen molar-refractivity contribution in [2.45, 2.75) is 19.4 Å². The highest BCUT2D eigenvalue weighted by Gasteiger charge is 2.04. The summed E-state index contributed by atoms with van der Waals surface area (Å²) in [6, 6.07) is 0.0983. The number of aliphatic hydroxyl groups is 1. The molecular formula is C7H18IN3O. The summed E-state index contributed by atoms with van der Waals surface area (Å²) in [4.78, 5) is 3.93. The number of guanidine groups is 1. The molecule has 0 rings (SSSR count). The minimum absolute atomic E-state index is 0. The largest absolute Gasteiger partial charge is 0.394 e. The van der Waals surface area contributed by atoms with Crippen LogP contribution in [0.3, 0.4) is 0 Å². The lowest BCUT2D eigenvalue weighted by Gasteiger charge is -2.16. The Labute approximate surface area is 90.9 Å². The van der Waals surface area contributed by atoms with E-state index in [1.807, 2.05) is 6.92 Å². The monoisotopic (exact) mass is 287 g/mol. The Kier molecular flexibility index (Phi) is 10.9. The van der Waals surface area contributed by atoms with Crippen molar-refractivity contribution in [3.05, 3.63) is 0 Å². The van der Waals surface area contributed by atoms with Gasteiger partial charge < -0.3 is 15.7 Å². The molecule has 0 aliphatic rings. The molecule has 0 bridgehead atoms. The molecule has 4 nitrogen and oxygen atoms in total. The second-order valence-corrected chi connectivity index (χ2v) is 2.25. The first-order valence-corrected chi connectivity index (χ1v) is 3.80. The van der Waals surface area contributed by atoms with Crippen molar-refractivity contribution in [3.8, 4) is 0 Å². The van der Waals surface area contributed by atoms with Crippen LogP contribution < -0.4 is 10.6 Å². The van der Waals surface area contributed by atoms with Crippen LogP contribution in [0.15, 0.2) is 4.99 Å². The molecule has 3 N–H and O–H groups in total. The third-order valence-corrected chi connectivity index (χ3v) is 1.51. The number of aliphatic hydroxyl groups excluding tert-OH is 1. The van der Waals surface area contributed by atoms with Gasteiger partial charge in [-0.15, -0.1) is 24.0 Å². The van der Waals surface area contributed by atoms with Crippen LogP contribution in [0.25, 0.3) is 0 Å². The van der Waals surface area contributed by atoms with Gasteiger partial charge in [0.1, 0.15) is 0 Å². The lowest BCUT2D eigenvalue weighted by molar-refractivity contribution is 0.252. The average molecular weight is 287 g/mol. The van der Waals surface area contributed by atoms with Crippen molar-refractivity contribution >= 4 is 29.9 Å². The number of nitrogens with zero attached hydrogens (tertiary/aromatic N) is 1. The van der Waals surface area contributed by atoms with Gasteiger partial charge in [-0.3, -0.25) is 4.99 Å². The second-order valence-electron chi connectivity index (χ2n) is 2.25. The molecule has 0 aromatic heterocycles. The highest BCUT2D eigenvalue weighted by atomic mass is 127. The van der Waals surface area contributed by atoms with Crippen molar-refractivity contribution in [1.29, 1.82) is 0 Å². The lowest BCUT2D eigenvalue weighted by atomic mass is 10.2. The van der Waals surface area contributed by atoms with E-state index >= 15 is 0 Å². The van der Waals surface area contributed by atoms with Gasteiger partial charge in [0.15, 0.2) is 5.96 Å². The van der Waals surface area contributed by atoms with Gasteiger partial charge in [0.2, 0.25) is 0 Å². The van der Waals surface area contributed by atoms with Crippen LogP contribution in [0.1, 0.15) is 13.3 Å². The first kappa shape index (κ1) is 14.5. The van der Waals surface area contributed by atoms with Crippen LogP contribution in [0.2, 0.25) is 0 Å². The molecule has 1 atom stereocenters. The van der Waals surface area contributed by atoms with Gasteiger partial charge in [0, 0.05) is 14.1 Å². The van der Waals surface area contributed by atoms with Crippen molar-refractivity contribution in [2.75, 3.05) is 20.7 Å². The first-order valence-electron chi connectivity index (χ1n) is 3.80. The molecule has 0 spiro atoms. The van der Waals surface area contributed by atoms with Gasteiger partial charge in [0.05, 0.1) is 12.6 Å². The molecule has 0 unspecified atom stereocenters. The van der Waals surface area contributed by atoms with E-state index in [-0.39, 0.29) is 36.6 Å². The van der Waals surface area contributed by atoms with Crippen molar-refractivity contribution in [1.82, 2.24) is 10.6 Å². The topological polar surface area (TPSA) is 56.6 Å². The number of halogens is 1. The molecule has 0 aromatic carbocycles.